The molecule has 0 aliphatic carbocycles. The molecule has 0 saturated heterocycles. The number of halogens is 1. The molecule has 0 aliphatic rings. The van der Waals surface area contributed by atoms with Gasteiger partial charge in [0.25, 0.3) is 0 Å². The minimum Gasteiger partial charge on any atom is -0.481 e. The summed E-state index contributed by atoms with van der Waals surface area (Å²) in [4.78, 5) is 40.2. The number of hydrogen-bond acceptors (Lipinski definition) is 8. The van der Waals surface area contributed by atoms with Crippen LogP contribution >= 0.6 is 27.3 Å². The van der Waals surface area contributed by atoms with E-state index in [-0.39, 0.29) is 6.42 Å². The number of aliphatic carboxylic acids is 1. The Morgan fingerprint density at radius 2 is 1.95 bits per heavy atom. The number of aliphatic hydroxyl groups is 1. The smallest absolute Gasteiger partial charge is 0.407 e. The van der Waals surface area contributed by atoms with Gasteiger partial charge in [0, 0.05) is 23.8 Å². The van der Waals surface area contributed by atoms with Crippen molar-refractivity contribution in [3.05, 3.63) is 38.3 Å². The Morgan fingerprint density at radius 3 is 2.53 bits per heavy atom. The van der Waals surface area contributed by atoms with Gasteiger partial charge in [0.2, 0.25) is 0 Å². The molecule has 0 bridgehead atoms. The molecule has 1 amide bonds. The number of ether oxygens (including phenoxy) is 2. The largest absolute Gasteiger partial charge is 0.481 e. The molecular formula is C27H37BrN2O7S. The number of allylic oxidation sites excluding steroid dienone is 2. The number of alkyl carbamates (subject to hydrolysis) is 1. The lowest BCUT2D eigenvalue weighted by atomic mass is 10.1. The minimum absolute atomic E-state index is 0.238. The summed E-state index contributed by atoms with van der Waals surface area (Å²) in [6, 6.07) is -0.614. The molecule has 11 heteroatoms. The highest BCUT2D eigenvalue weighted by Crippen LogP contribution is 2.18. The van der Waals surface area contributed by atoms with Crippen molar-refractivity contribution in [1.29, 1.82) is 0 Å². The van der Waals surface area contributed by atoms with Crippen LogP contribution in [0.1, 0.15) is 71.5 Å². The summed E-state index contributed by atoms with van der Waals surface area (Å²) in [6.45, 7) is 10.5. The first-order valence-corrected chi connectivity index (χ1v) is 13.8. The molecule has 1 aromatic heterocycles. The van der Waals surface area contributed by atoms with E-state index in [0.29, 0.717) is 25.7 Å². The summed E-state index contributed by atoms with van der Waals surface area (Å²) in [5, 5.41) is 23.8. The number of thiazole rings is 1. The second-order valence-corrected chi connectivity index (χ2v) is 12.1. The first-order valence-electron chi connectivity index (χ1n) is 12.2. The van der Waals surface area contributed by atoms with Gasteiger partial charge in [0.05, 0.1) is 23.2 Å². The molecule has 9 nitrogen and oxygen atoms in total. The molecule has 0 spiro atoms. The van der Waals surface area contributed by atoms with Crippen LogP contribution in [0.5, 0.6) is 0 Å². The standard InChI is InChI=1S/C27H37BrN2O7S/c1-17(12-19(3)31)8-7-9-25(34)36-22(13-18(2)28)15-23-29-21(16-38-23)11-10-20(14-24(32)33)30-26(35)37-27(4,5)6/h8,13,16,19-20,22,31H,10-12,14-15H2,1-6H3,(H,30,35)(H,32,33)/b17-8+,18-13+/t19-,20+,22+/m0/s1. The van der Waals surface area contributed by atoms with Crippen LogP contribution in [0.3, 0.4) is 0 Å². The van der Waals surface area contributed by atoms with Crippen molar-refractivity contribution >= 4 is 45.3 Å². The normalized spacial score (nSPS) is 14.5. The summed E-state index contributed by atoms with van der Waals surface area (Å²) < 4.78 is 11.5. The van der Waals surface area contributed by atoms with Crippen molar-refractivity contribution in [2.24, 2.45) is 0 Å². The lowest BCUT2D eigenvalue weighted by Gasteiger charge is -2.22. The lowest BCUT2D eigenvalue weighted by molar-refractivity contribution is -0.140. The van der Waals surface area contributed by atoms with Gasteiger partial charge in [0.1, 0.15) is 11.7 Å². The van der Waals surface area contributed by atoms with E-state index in [2.05, 4.69) is 38.1 Å². The fourth-order valence-corrected chi connectivity index (χ4v) is 4.43. The molecule has 0 saturated carbocycles. The Morgan fingerprint density at radius 1 is 1.26 bits per heavy atom. The molecule has 1 rings (SSSR count). The molecule has 0 aromatic carbocycles. The molecule has 1 heterocycles. The highest BCUT2D eigenvalue weighted by molar-refractivity contribution is 9.11. The van der Waals surface area contributed by atoms with E-state index < -0.39 is 41.9 Å². The van der Waals surface area contributed by atoms with Crippen molar-refractivity contribution < 1.29 is 34.1 Å². The number of carboxylic acid groups (broad SMARTS) is 1. The zero-order valence-corrected chi connectivity index (χ0v) is 25.1. The maximum absolute atomic E-state index is 12.2. The van der Waals surface area contributed by atoms with Gasteiger partial charge in [-0.05, 0) is 77.4 Å². The second kappa shape index (κ2) is 16.3. The average Bonchev–Trinajstić information content (AvgIpc) is 3.16. The van der Waals surface area contributed by atoms with E-state index in [1.54, 1.807) is 39.8 Å². The van der Waals surface area contributed by atoms with Crippen LogP contribution in [0, 0.1) is 11.8 Å². The van der Waals surface area contributed by atoms with Crippen molar-refractivity contribution in [1.82, 2.24) is 10.3 Å². The molecule has 210 valence electrons. The topological polar surface area (TPSA) is 135 Å². The predicted molar refractivity (Wildman–Crippen MR) is 150 cm³/mol. The number of nitrogens with one attached hydrogen (secondary N) is 1. The zero-order chi connectivity index (χ0) is 28.9. The zero-order valence-electron chi connectivity index (χ0n) is 22.7. The third-order valence-corrected chi connectivity index (χ3v) is 5.83. The summed E-state index contributed by atoms with van der Waals surface area (Å²) in [5.41, 5.74) is 0.911. The third-order valence-electron chi connectivity index (χ3n) is 4.65. The highest BCUT2D eigenvalue weighted by Gasteiger charge is 2.22. The quantitative estimate of drug-likeness (QED) is 0.172. The number of rotatable bonds is 12. The van der Waals surface area contributed by atoms with Crippen molar-refractivity contribution in [2.45, 2.75) is 97.5 Å². The summed E-state index contributed by atoms with van der Waals surface area (Å²) >= 11 is 4.77. The van der Waals surface area contributed by atoms with Gasteiger partial charge in [0.15, 0.2) is 0 Å². The van der Waals surface area contributed by atoms with Crippen LogP contribution in [0.4, 0.5) is 4.79 Å². The summed E-state index contributed by atoms with van der Waals surface area (Å²) in [6.07, 6.45) is 2.98. The lowest BCUT2D eigenvalue weighted by Crippen LogP contribution is -2.40. The predicted octanol–water partition coefficient (Wildman–Crippen LogP) is 4.92. The van der Waals surface area contributed by atoms with E-state index in [0.717, 1.165) is 20.8 Å². The Bertz CT molecular complexity index is 1070. The number of aryl methyl sites for hydroxylation is 1. The van der Waals surface area contributed by atoms with Crippen LogP contribution in [0.15, 0.2) is 27.6 Å². The number of nitrogens with zero attached hydrogens (tertiary/aromatic N) is 1. The first kappa shape index (κ1) is 33.3. The molecule has 3 atom stereocenters. The summed E-state index contributed by atoms with van der Waals surface area (Å²) in [5.74, 6) is 3.39. The van der Waals surface area contributed by atoms with Crippen molar-refractivity contribution in [3.8, 4) is 11.8 Å². The Kier molecular flexibility index (Phi) is 14.3. The van der Waals surface area contributed by atoms with E-state index in [9.17, 15) is 24.6 Å². The van der Waals surface area contributed by atoms with E-state index >= 15 is 0 Å². The third kappa shape index (κ3) is 16.2. The average molecular weight is 614 g/mol. The van der Waals surface area contributed by atoms with Gasteiger partial charge in [-0.2, -0.15) is 0 Å². The van der Waals surface area contributed by atoms with Crippen molar-refractivity contribution in [3.63, 3.8) is 0 Å². The maximum atomic E-state index is 12.2. The minimum atomic E-state index is -1.02. The Balaban J connectivity index is 2.79. The number of hydrogen-bond donors (Lipinski definition) is 3. The number of carboxylic acids is 1. The van der Waals surface area contributed by atoms with Gasteiger partial charge < -0.3 is 25.0 Å². The van der Waals surface area contributed by atoms with Crippen LogP contribution in [-0.4, -0.2) is 57.1 Å². The van der Waals surface area contributed by atoms with Crippen molar-refractivity contribution in [2.75, 3.05) is 0 Å². The van der Waals surface area contributed by atoms with E-state index in [1.807, 2.05) is 19.2 Å². The van der Waals surface area contributed by atoms with Crippen LogP contribution in [0.25, 0.3) is 0 Å². The molecule has 0 fully saturated rings. The molecule has 1 aromatic rings. The molecule has 3 N–H and O–H groups in total. The van der Waals surface area contributed by atoms with E-state index in [4.69, 9.17) is 9.47 Å². The Hall–Kier alpha value is -2.68. The monoisotopic (exact) mass is 612 g/mol. The van der Waals surface area contributed by atoms with Gasteiger partial charge in [-0.15, -0.1) is 11.3 Å². The first-order chi connectivity index (χ1) is 17.6. The number of aliphatic hydroxyl groups excluding tert-OH is 1. The molecular weight excluding hydrogens is 576 g/mol. The number of carbonyl (C=O) groups is 3. The van der Waals surface area contributed by atoms with Crippen LogP contribution in [-0.2, 0) is 31.9 Å². The number of esters is 1. The fourth-order valence-electron chi connectivity index (χ4n) is 3.26. The number of amides is 1. The fraction of sp³-hybridized carbons (Fsp3) is 0.556. The van der Waals surface area contributed by atoms with Gasteiger partial charge in [-0.25, -0.2) is 14.6 Å². The molecule has 0 aliphatic heterocycles. The molecule has 0 unspecified atom stereocenters. The van der Waals surface area contributed by atoms with Crippen LogP contribution in [0.2, 0.25) is 0 Å². The number of carbonyl (C=O) groups excluding carboxylic acids is 2. The van der Waals surface area contributed by atoms with Gasteiger partial charge in [-0.1, -0.05) is 27.4 Å². The second-order valence-electron chi connectivity index (χ2n) is 9.93. The molecule has 38 heavy (non-hydrogen) atoms. The molecule has 0 radical (unpaired) electrons. The number of aromatic nitrogens is 1. The van der Waals surface area contributed by atoms with E-state index in [1.165, 1.54) is 11.3 Å². The Labute approximate surface area is 236 Å². The van der Waals surface area contributed by atoms with Gasteiger partial charge >= 0.3 is 18.0 Å². The SMILES string of the molecule is C/C(Br)=C\[C@H](Cc1nc(CC[C@H](CC(=O)O)NC(=O)OC(C)(C)C)cs1)OC(=O)C#C/C=C(\C)C[C@H](C)O. The maximum Gasteiger partial charge on any atom is 0.407 e. The van der Waals surface area contributed by atoms with Crippen LogP contribution < -0.4 is 5.32 Å². The van der Waals surface area contributed by atoms with Gasteiger partial charge in [-0.3, -0.25) is 4.79 Å². The summed E-state index contributed by atoms with van der Waals surface area (Å²) in [7, 11) is 0. The highest BCUT2D eigenvalue weighted by atomic mass is 79.9.